The Kier molecular flexibility index (Phi) is 5.48. The Bertz CT molecular complexity index is 1020. The molecule has 3 aromatic rings. The van der Waals surface area contributed by atoms with Crippen LogP contribution in [0.1, 0.15) is 5.69 Å². The number of hydrogen-bond acceptors (Lipinski definition) is 7. The monoisotopic (exact) mass is 420 g/mol. The summed E-state index contributed by atoms with van der Waals surface area (Å²) in [6.45, 7) is 3.65. The zero-order chi connectivity index (χ0) is 21.1. The number of nitrogens with zero attached hydrogens (tertiary/aromatic N) is 8. The van der Waals surface area contributed by atoms with Crippen LogP contribution in [0.2, 0.25) is 0 Å². The second kappa shape index (κ2) is 8.22. The second-order valence-electron chi connectivity index (χ2n) is 6.81. The Morgan fingerprint density at radius 2 is 1.70 bits per heavy atom. The molecule has 30 heavy (non-hydrogen) atoms. The van der Waals surface area contributed by atoms with Gasteiger partial charge in [0.25, 0.3) is 5.56 Å². The van der Waals surface area contributed by atoms with Crippen LogP contribution in [0.25, 0.3) is 5.82 Å². The summed E-state index contributed by atoms with van der Waals surface area (Å²) < 4.78 is 40.8. The molecule has 12 heteroatoms. The van der Waals surface area contributed by atoms with Gasteiger partial charge in [-0.2, -0.15) is 18.3 Å². The minimum absolute atomic E-state index is 0.190. The van der Waals surface area contributed by atoms with Gasteiger partial charge in [0.2, 0.25) is 0 Å². The van der Waals surface area contributed by atoms with Crippen molar-refractivity contribution in [3.05, 3.63) is 58.8 Å². The third-order valence-electron chi connectivity index (χ3n) is 4.86. The first-order valence-corrected chi connectivity index (χ1v) is 9.36. The van der Waals surface area contributed by atoms with Gasteiger partial charge in [0.1, 0.15) is 0 Å². The average molecular weight is 420 g/mol. The van der Waals surface area contributed by atoms with E-state index in [1.165, 1.54) is 16.8 Å². The molecular weight excluding hydrogens is 401 g/mol. The Morgan fingerprint density at radius 3 is 2.33 bits per heavy atom. The Morgan fingerprint density at radius 1 is 0.933 bits per heavy atom. The van der Waals surface area contributed by atoms with Gasteiger partial charge in [-0.05, 0) is 24.3 Å². The predicted molar refractivity (Wildman–Crippen MR) is 101 cm³/mol. The van der Waals surface area contributed by atoms with E-state index in [0.717, 1.165) is 6.07 Å². The molecule has 9 nitrogen and oxygen atoms in total. The normalized spacial score (nSPS) is 15.5. The van der Waals surface area contributed by atoms with E-state index in [0.29, 0.717) is 50.9 Å². The fourth-order valence-corrected chi connectivity index (χ4v) is 3.21. The lowest BCUT2D eigenvalue weighted by Gasteiger charge is -2.35. The maximum atomic E-state index is 12.6. The number of alkyl halides is 3. The third kappa shape index (κ3) is 4.48. The molecule has 4 heterocycles. The summed E-state index contributed by atoms with van der Waals surface area (Å²) in [6.07, 6.45) is -1.11. The van der Waals surface area contributed by atoms with Gasteiger partial charge < -0.3 is 4.90 Å². The Labute approximate surface area is 169 Å². The molecule has 0 saturated carbocycles. The van der Waals surface area contributed by atoms with Crippen LogP contribution in [0, 0.1) is 0 Å². The quantitative estimate of drug-likeness (QED) is 0.610. The molecule has 0 amide bonds. The van der Waals surface area contributed by atoms with Crippen LogP contribution in [-0.4, -0.2) is 67.4 Å². The Balaban J connectivity index is 1.32. The van der Waals surface area contributed by atoms with Crippen molar-refractivity contribution in [1.29, 1.82) is 0 Å². The van der Waals surface area contributed by atoms with Crippen molar-refractivity contribution in [2.24, 2.45) is 0 Å². The van der Waals surface area contributed by atoms with Gasteiger partial charge in [0.05, 0.1) is 6.54 Å². The van der Waals surface area contributed by atoms with E-state index in [-0.39, 0.29) is 5.56 Å². The number of aromatic nitrogens is 6. The molecule has 0 aromatic carbocycles. The highest BCUT2D eigenvalue weighted by molar-refractivity contribution is 5.38. The summed E-state index contributed by atoms with van der Waals surface area (Å²) in [7, 11) is 0. The number of halogens is 3. The van der Waals surface area contributed by atoms with Crippen molar-refractivity contribution in [1.82, 2.24) is 34.7 Å². The van der Waals surface area contributed by atoms with Crippen LogP contribution >= 0.6 is 0 Å². The van der Waals surface area contributed by atoms with Gasteiger partial charge in [0.15, 0.2) is 17.3 Å². The minimum Gasteiger partial charge on any atom is -0.353 e. The highest BCUT2D eigenvalue weighted by Crippen LogP contribution is 2.27. The average Bonchev–Trinajstić information content (AvgIpc) is 3.28. The van der Waals surface area contributed by atoms with Gasteiger partial charge in [-0.1, -0.05) is 0 Å². The van der Waals surface area contributed by atoms with Crippen LogP contribution in [-0.2, 0) is 12.7 Å². The molecule has 4 rings (SSSR count). The van der Waals surface area contributed by atoms with Gasteiger partial charge in [0, 0.05) is 51.2 Å². The number of hydrogen-bond donors (Lipinski definition) is 0. The highest BCUT2D eigenvalue weighted by Gasteiger charge is 2.33. The van der Waals surface area contributed by atoms with Crippen LogP contribution in [0.4, 0.5) is 19.0 Å². The zero-order valence-electron chi connectivity index (χ0n) is 15.9. The van der Waals surface area contributed by atoms with E-state index >= 15 is 0 Å². The number of piperazine rings is 1. The molecule has 0 bridgehead atoms. The van der Waals surface area contributed by atoms with E-state index in [1.807, 2.05) is 4.90 Å². The molecule has 1 fully saturated rings. The maximum absolute atomic E-state index is 12.6. The van der Waals surface area contributed by atoms with Gasteiger partial charge >= 0.3 is 6.18 Å². The molecule has 0 spiro atoms. The van der Waals surface area contributed by atoms with Crippen LogP contribution in [0.5, 0.6) is 0 Å². The van der Waals surface area contributed by atoms with Crippen molar-refractivity contribution in [2.75, 3.05) is 37.6 Å². The highest BCUT2D eigenvalue weighted by atomic mass is 19.4. The third-order valence-corrected chi connectivity index (χ3v) is 4.86. The predicted octanol–water partition coefficient (Wildman–Crippen LogP) is 1.06. The molecule has 1 aliphatic heterocycles. The van der Waals surface area contributed by atoms with E-state index < -0.39 is 11.9 Å². The first-order valence-electron chi connectivity index (χ1n) is 9.36. The van der Waals surface area contributed by atoms with E-state index in [1.54, 1.807) is 29.2 Å². The molecule has 0 aliphatic carbocycles. The lowest BCUT2D eigenvalue weighted by Crippen LogP contribution is -2.48. The summed E-state index contributed by atoms with van der Waals surface area (Å²) in [5.41, 5.74) is -1.19. The van der Waals surface area contributed by atoms with Gasteiger partial charge in [-0.3, -0.25) is 9.69 Å². The summed E-state index contributed by atoms with van der Waals surface area (Å²) in [5, 5.41) is 15.4. The number of anilines is 1. The van der Waals surface area contributed by atoms with Crippen molar-refractivity contribution >= 4 is 5.82 Å². The van der Waals surface area contributed by atoms with Crippen LogP contribution < -0.4 is 10.5 Å². The van der Waals surface area contributed by atoms with E-state index in [9.17, 15) is 18.0 Å². The van der Waals surface area contributed by atoms with E-state index in [2.05, 4.69) is 25.3 Å². The van der Waals surface area contributed by atoms with Crippen LogP contribution in [0.15, 0.2) is 47.5 Å². The summed E-state index contributed by atoms with van der Waals surface area (Å²) in [5.74, 6) is 0.984. The summed E-state index contributed by atoms with van der Waals surface area (Å²) in [6, 6.07) is 7.15. The topological polar surface area (TPSA) is 85.0 Å². The molecule has 0 atom stereocenters. The molecule has 0 radical (unpaired) electrons. The first kappa shape index (κ1) is 20.0. The molecule has 1 saturated heterocycles. The van der Waals surface area contributed by atoms with Gasteiger partial charge in [-0.25, -0.2) is 9.36 Å². The lowest BCUT2D eigenvalue weighted by atomic mass is 10.3. The Hall–Kier alpha value is -3.28. The van der Waals surface area contributed by atoms with Crippen LogP contribution in [0.3, 0.4) is 0 Å². The van der Waals surface area contributed by atoms with Gasteiger partial charge in [-0.15, -0.1) is 15.3 Å². The summed E-state index contributed by atoms with van der Waals surface area (Å²) >= 11 is 0. The molecule has 3 aromatic heterocycles. The van der Waals surface area contributed by atoms with Crippen molar-refractivity contribution in [3.63, 3.8) is 0 Å². The van der Waals surface area contributed by atoms with Crippen molar-refractivity contribution in [3.8, 4) is 5.82 Å². The molecule has 0 N–H and O–H groups in total. The first-order chi connectivity index (χ1) is 14.4. The second-order valence-corrected chi connectivity index (χ2v) is 6.81. The van der Waals surface area contributed by atoms with Crippen molar-refractivity contribution in [2.45, 2.75) is 12.7 Å². The fourth-order valence-electron chi connectivity index (χ4n) is 3.21. The minimum atomic E-state index is -4.49. The largest absolute Gasteiger partial charge is 0.435 e. The molecule has 1 aliphatic rings. The maximum Gasteiger partial charge on any atom is 0.435 e. The molecule has 0 unspecified atom stereocenters. The smallest absolute Gasteiger partial charge is 0.353 e. The zero-order valence-corrected chi connectivity index (χ0v) is 15.9. The summed E-state index contributed by atoms with van der Waals surface area (Å²) in [4.78, 5) is 16.2. The van der Waals surface area contributed by atoms with E-state index in [4.69, 9.17) is 0 Å². The SMILES string of the molecule is O=c1ccc(-n2cccn2)nn1CCN1CCN(c2ccc(C(F)(F)F)nn2)CC1. The molecule has 158 valence electrons. The lowest BCUT2D eigenvalue weighted by molar-refractivity contribution is -0.141. The fraction of sp³-hybridized carbons (Fsp3) is 0.389. The van der Waals surface area contributed by atoms with Crippen molar-refractivity contribution < 1.29 is 13.2 Å². The standard InChI is InChI=1S/C18H19F3N8O/c19-18(20,21)14-2-3-15(24-23-14)27-11-8-26(9-12-27)10-13-29-17(30)5-4-16(25-29)28-7-1-6-22-28/h1-7H,8-13H2. The number of rotatable bonds is 5. The molecular formula is C18H19F3N8O.